The van der Waals surface area contributed by atoms with Gasteiger partial charge in [0.2, 0.25) is 10.0 Å². The molecule has 8 heteroatoms. The van der Waals surface area contributed by atoms with Crippen molar-refractivity contribution in [2.45, 2.75) is 30.6 Å². The summed E-state index contributed by atoms with van der Waals surface area (Å²) < 4.78 is 45.8. The molecule has 4 rings (SSSR count). The van der Waals surface area contributed by atoms with Crippen molar-refractivity contribution in [3.05, 3.63) is 42.6 Å². The number of nitrogens with zero attached hydrogens (tertiary/aromatic N) is 3. The fraction of sp³-hybridized carbons (Fsp3) is 0.412. The number of ether oxygens (including phenoxy) is 1. The van der Waals surface area contributed by atoms with Crippen molar-refractivity contribution in [2.24, 2.45) is 0 Å². The number of halogens is 1. The predicted molar refractivity (Wildman–Crippen MR) is 90.0 cm³/mol. The Labute approximate surface area is 145 Å². The summed E-state index contributed by atoms with van der Waals surface area (Å²) in [7, 11) is -3.20. The van der Waals surface area contributed by atoms with Crippen LogP contribution >= 0.6 is 0 Å². The lowest BCUT2D eigenvalue weighted by molar-refractivity contribution is 0.215. The quantitative estimate of drug-likeness (QED) is 0.815. The van der Waals surface area contributed by atoms with Gasteiger partial charge in [-0.2, -0.15) is 4.31 Å². The number of sulfonamides is 1. The Morgan fingerprint density at radius 2 is 2.04 bits per heavy atom. The smallest absolute Gasteiger partial charge is 0.217 e. The third kappa shape index (κ3) is 3.36. The van der Waals surface area contributed by atoms with Crippen LogP contribution in [-0.2, 0) is 10.0 Å². The van der Waals surface area contributed by atoms with Crippen LogP contribution in [0, 0.1) is 5.82 Å². The molecule has 6 nitrogen and oxygen atoms in total. The first-order valence-electron chi connectivity index (χ1n) is 8.25. The highest BCUT2D eigenvalue weighted by atomic mass is 32.2. The second-order valence-electron chi connectivity index (χ2n) is 6.37. The summed E-state index contributed by atoms with van der Waals surface area (Å²) in [4.78, 5) is 8.06. The van der Waals surface area contributed by atoms with E-state index in [-0.39, 0.29) is 11.4 Å². The van der Waals surface area contributed by atoms with Crippen molar-refractivity contribution < 1.29 is 17.5 Å². The molecule has 0 amide bonds. The molecule has 0 spiro atoms. The molecule has 0 radical (unpaired) electrons. The molecule has 1 aromatic heterocycles. The first-order valence-corrected chi connectivity index (χ1v) is 9.76. The highest BCUT2D eigenvalue weighted by molar-refractivity contribution is 7.90. The van der Waals surface area contributed by atoms with Gasteiger partial charge in [0.1, 0.15) is 24.0 Å². The highest BCUT2D eigenvalue weighted by Crippen LogP contribution is 2.35. The van der Waals surface area contributed by atoms with Gasteiger partial charge in [0.15, 0.2) is 0 Å². The second-order valence-corrected chi connectivity index (χ2v) is 8.58. The molecule has 1 saturated carbocycles. The molecule has 1 unspecified atom stereocenters. The Morgan fingerprint density at radius 3 is 2.76 bits per heavy atom. The molecule has 1 aliphatic carbocycles. The molecule has 2 heterocycles. The standard InChI is InChI=1S/C17H18FN3O3S/c18-12-1-4-15(16-5-7-19-11-20-16)17(9-12)24-13-6-8-21(10-13)25(22,23)14-2-3-14/h1,4-5,7,9,11,13-14H,2-3,6,8,10H2. The maximum atomic E-state index is 13.7. The van der Waals surface area contributed by atoms with Crippen molar-refractivity contribution in [1.29, 1.82) is 0 Å². The molecule has 0 bridgehead atoms. The summed E-state index contributed by atoms with van der Waals surface area (Å²) in [5.74, 6) is -0.0392. The van der Waals surface area contributed by atoms with Crippen LogP contribution in [0.4, 0.5) is 4.39 Å². The van der Waals surface area contributed by atoms with Gasteiger partial charge in [0.25, 0.3) is 0 Å². The number of hydrogen-bond donors (Lipinski definition) is 0. The molecule has 0 N–H and O–H groups in total. The number of hydrogen-bond acceptors (Lipinski definition) is 5. The van der Waals surface area contributed by atoms with Gasteiger partial charge >= 0.3 is 0 Å². The molecule has 1 atom stereocenters. The van der Waals surface area contributed by atoms with Crippen LogP contribution in [0.25, 0.3) is 11.3 Å². The van der Waals surface area contributed by atoms with E-state index >= 15 is 0 Å². The summed E-state index contributed by atoms with van der Waals surface area (Å²) in [5, 5.41) is -0.225. The Balaban J connectivity index is 1.54. The molecule has 1 saturated heterocycles. The first kappa shape index (κ1) is 16.4. The van der Waals surface area contributed by atoms with E-state index in [1.165, 1.54) is 22.8 Å². The monoisotopic (exact) mass is 363 g/mol. The maximum absolute atomic E-state index is 13.7. The van der Waals surface area contributed by atoms with Crippen molar-refractivity contribution in [2.75, 3.05) is 13.1 Å². The average molecular weight is 363 g/mol. The van der Waals surface area contributed by atoms with E-state index in [0.29, 0.717) is 36.5 Å². The van der Waals surface area contributed by atoms with Crippen LogP contribution in [0.1, 0.15) is 19.3 Å². The highest BCUT2D eigenvalue weighted by Gasteiger charge is 2.43. The van der Waals surface area contributed by atoms with Crippen LogP contribution in [0.15, 0.2) is 36.8 Å². The summed E-state index contributed by atoms with van der Waals surface area (Å²) in [5.41, 5.74) is 1.29. The molecule has 2 aromatic rings. The summed E-state index contributed by atoms with van der Waals surface area (Å²) in [6, 6.07) is 6.00. The Hall–Kier alpha value is -2.06. The molecular weight excluding hydrogens is 345 g/mol. The normalized spacial score (nSPS) is 21.4. The first-order chi connectivity index (χ1) is 12.0. The average Bonchev–Trinajstić information content (AvgIpc) is 3.36. The molecule has 2 fully saturated rings. The fourth-order valence-electron chi connectivity index (χ4n) is 3.04. The molecule has 2 aliphatic rings. The van der Waals surface area contributed by atoms with Gasteiger partial charge in [0, 0.05) is 24.4 Å². The SMILES string of the molecule is O=S(=O)(C1CC1)N1CCC(Oc2cc(F)ccc2-c2ccncn2)C1. The minimum absolute atomic E-state index is 0.225. The van der Waals surface area contributed by atoms with Gasteiger partial charge in [-0.1, -0.05) is 0 Å². The molecular formula is C17H18FN3O3S. The number of aromatic nitrogens is 2. The van der Waals surface area contributed by atoms with Crippen molar-refractivity contribution in [3.8, 4) is 17.0 Å². The Morgan fingerprint density at radius 1 is 1.20 bits per heavy atom. The maximum Gasteiger partial charge on any atom is 0.217 e. The van der Waals surface area contributed by atoms with E-state index in [0.717, 1.165) is 12.8 Å². The van der Waals surface area contributed by atoms with Crippen LogP contribution in [0.5, 0.6) is 5.75 Å². The van der Waals surface area contributed by atoms with Crippen molar-refractivity contribution in [1.82, 2.24) is 14.3 Å². The Kier molecular flexibility index (Phi) is 4.16. The van der Waals surface area contributed by atoms with Crippen LogP contribution in [0.2, 0.25) is 0 Å². The minimum Gasteiger partial charge on any atom is -0.488 e. The zero-order chi connectivity index (χ0) is 17.4. The van der Waals surface area contributed by atoms with E-state index in [2.05, 4.69) is 9.97 Å². The van der Waals surface area contributed by atoms with Crippen molar-refractivity contribution >= 4 is 10.0 Å². The van der Waals surface area contributed by atoms with Gasteiger partial charge < -0.3 is 4.74 Å². The Bertz CT molecular complexity index is 872. The molecule has 132 valence electrons. The largest absolute Gasteiger partial charge is 0.488 e. The van der Waals surface area contributed by atoms with Gasteiger partial charge in [-0.05, 0) is 37.5 Å². The summed E-state index contributed by atoms with van der Waals surface area (Å²) in [6.07, 6.45) is 4.80. The van der Waals surface area contributed by atoms with Crippen molar-refractivity contribution in [3.63, 3.8) is 0 Å². The minimum atomic E-state index is -3.20. The molecule has 1 aliphatic heterocycles. The van der Waals surface area contributed by atoms with E-state index < -0.39 is 15.8 Å². The summed E-state index contributed by atoms with van der Waals surface area (Å²) >= 11 is 0. The second kappa shape index (κ2) is 6.34. The number of rotatable bonds is 5. The van der Waals surface area contributed by atoms with Crippen LogP contribution < -0.4 is 4.74 Å². The lowest BCUT2D eigenvalue weighted by Crippen LogP contribution is -2.33. The van der Waals surface area contributed by atoms with Gasteiger partial charge in [-0.3, -0.25) is 0 Å². The third-order valence-corrected chi connectivity index (χ3v) is 6.87. The topological polar surface area (TPSA) is 72.4 Å². The zero-order valence-corrected chi connectivity index (χ0v) is 14.3. The third-order valence-electron chi connectivity index (χ3n) is 4.51. The lowest BCUT2D eigenvalue weighted by Gasteiger charge is -2.18. The van der Waals surface area contributed by atoms with E-state index in [1.54, 1.807) is 18.3 Å². The van der Waals surface area contributed by atoms with E-state index in [9.17, 15) is 12.8 Å². The molecule has 25 heavy (non-hydrogen) atoms. The zero-order valence-electron chi connectivity index (χ0n) is 13.5. The lowest BCUT2D eigenvalue weighted by atomic mass is 10.1. The van der Waals surface area contributed by atoms with Gasteiger partial charge in [0.05, 0.1) is 17.5 Å². The van der Waals surface area contributed by atoms with E-state index in [4.69, 9.17) is 4.74 Å². The summed E-state index contributed by atoms with van der Waals surface area (Å²) in [6.45, 7) is 0.750. The number of benzene rings is 1. The molecule has 1 aromatic carbocycles. The van der Waals surface area contributed by atoms with E-state index in [1.807, 2.05) is 0 Å². The fourth-order valence-corrected chi connectivity index (χ4v) is 4.92. The van der Waals surface area contributed by atoms with Crippen LogP contribution in [-0.4, -0.2) is 47.1 Å². The van der Waals surface area contributed by atoms with Gasteiger partial charge in [-0.25, -0.2) is 22.8 Å². The van der Waals surface area contributed by atoms with Gasteiger partial charge in [-0.15, -0.1) is 0 Å². The predicted octanol–water partition coefficient (Wildman–Crippen LogP) is 2.23. The van der Waals surface area contributed by atoms with Crippen LogP contribution in [0.3, 0.4) is 0 Å².